The van der Waals surface area contributed by atoms with Crippen molar-refractivity contribution in [2.75, 3.05) is 5.32 Å². The van der Waals surface area contributed by atoms with Gasteiger partial charge in [-0.05, 0) is 30.7 Å². The molecule has 0 fully saturated rings. The number of nitrogens with zero attached hydrogens (tertiary/aromatic N) is 1. The monoisotopic (exact) mass is 190 g/mol. The number of thiocarbonyl (C=S) groups is 1. The Labute approximate surface area is 83.2 Å². The zero-order valence-electron chi connectivity index (χ0n) is 7.37. The van der Waals surface area contributed by atoms with Gasteiger partial charge in [-0.3, -0.25) is 0 Å². The Hall–Kier alpha value is -1.40. The highest BCUT2D eigenvalue weighted by Gasteiger charge is 1.94. The third kappa shape index (κ3) is 2.85. The van der Waals surface area contributed by atoms with Gasteiger partial charge in [0.25, 0.3) is 0 Å². The molecular weight excluding hydrogens is 180 g/mol. The standard InChI is InChI=1S/C10H10N2S/c1-2-10(13)12-9-5-3-8(7-11)4-6-9/h3-6H,2H2,1H3,(H,12,13). The molecule has 0 aliphatic carbocycles. The van der Waals surface area contributed by atoms with Crippen molar-refractivity contribution in [1.82, 2.24) is 0 Å². The first-order valence-electron chi connectivity index (χ1n) is 4.06. The molecule has 3 heteroatoms. The molecule has 0 heterocycles. The largest absolute Gasteiger partial charge is 0.350 e. The summed E-state index contributed by atoms with van der Waals surface area (Å²) in [6.45, 7) is 2.00. The van der Waals surface area contributed by atoms with Crippen LogP contribution in [0.5, 0.6) is 0 Å². The molecular formula is C10H10N2S. The normalized spacial score (nSPS) is 8.92. The summed E-state index contributed by atoms with van der Waals surface area (Å²) in [6, 6.07) is 9.29. The van der Waals surface area contributed by atoms with Crippen LogP contribution >= 0.6 is 12.2 Å². The van der Waals surface area contributed by atoms with Crippen LogP contribution in [0.2, 0.25) is 0 Å². The Kier molecular flexibility index (Phi) is 3.41. The lowest BCUT2D eigenvalue weighted by molar-refractivity contribution is 1.31. The number of hydrogen-bond acceptors (Lipinski definition) is 2. The first-order valence-corrected chi connectivity index (χ1v) is 4.47. The Bertz CT molecular complexity index is 335. The molecule has 2 nitrogen and oxygen atoms in total. The Balaban J connectivity index is 2.71. The molecule has 1 N–H and O–H groups in total. The molecule has 0 bridgehead atoms. The molecule has 0 radical (unpaired) electrons. The van der Waals surface area contributed by atoms with Crippen molar-refractivity contribution >= 4 is 22.9 Å². The van der Waals surface area contributed by atoms with E-state index < -0.39 is 0 Å². The summed E-state index contributed by atoms with van der Waals surface area (Å²) in [7, 11) is 0. The molecule has 0 saturated carbocycles. The van der Waals surface area contributed by atoms with Gasteiger partial charge in [0.1, 0.15) is 0 Å². The highest BCUT2D eigenvalue weighted by Crippen LogP contribution is 2.09. The van der Waals surface area contributed by atoms with Crippen LogP contribution in [0, 0.1) is 11.3 Å². The summed E-state index contributed by atoms with van der Waals surface area (Å²) >= 11 is 5.02. The van der Waals surface area contributed by atoms with Gasteiger partial charge in [-0.2, -0.15) is 5.26 Å². The second-order valence-corrected chi connectivity index (χ2v) is 3.08. The maximum Gasteiger partial charge on any atom is 0.0991 e. The van der Waals surface area contributed by atoms with Gasteiger partial charge in [-0.25, -0.2) is 0 Å². The van der Waals surface area contributed by atoms with Gasteiger partial charge in [-0.15, -0.1) is 0 Å². The molecule has 0 saturated heterocycles. The van der Waals surface area contributed by atoms with Gasteiger partial charge < -0.3 is 5.32 Å². The third-order valence-electron chi connectivity index (χ3n) is 1.62. The smallest absolute Gasteiger partial charge is 0.0991 e. The highest BCUT2D eigenvalue weighted by atomic mass is 32.1. The van der Waals surface area contributed by atoms with E-state index in [2.05, 4.69) is 11.4 Å². The van der Waals surface area contributed by atoms with Gasteiger partial charge in [0.2, 0.25) is 0 Å². The minimum atomic E-state index is 0.660. The average Bonchev–Trinajstić information content (AvgIpc) is 2.19. The van der Waals surface area contributed by atoms with E-state index in [0.29, 0.717) is 5.56 Å². The van der Waals surface area contributed by atoms with Gasteiger partial charge >= 0.3 is 0 Å². The van der Waals surface area contributed by atoms with Crippen molar-refractivity contribution in [3.63, 3.8) is 0 Å². The highest BCUT2D eigenvalue weighted by molar-refractivity contribution is 7.80. The van der Waals surface area contributed by atoms with Gasteiger partial charge in [0, 0.05) is 5.69 Å². The van der Waals surface area contributed by atoms with Crippen LogP contribution in [0.1, 0.15) is 18.9 Å². The van der Waals surface area contributed by atoms with Crippen molar-refractivity contribution in [1.29, 1.82) is 5.26 Å². The molecule has 1 aromatic rings. The first kappa shape index (κ1) is 9.69. The quantitative estimate of drug-likeness (QED) is 0.728. The predicted octanol–water partition coefficient (Wildman–Crippen LogP) is 2.71. The molecule has 0 atom stereocenters. The van der Waals surface area contributed by atoms with Crippen molar-refractivity contribution < 1.29 is 0 Å². The molecule has 0 aliphatic heterocycles. The maximum atomic E-state index is 8.56. The van der Waals surface area contributed by atoms with E-state index in [1.807, 2.05) is 19.1 Å². The summed E-state index contributed by atoms with van der Waals surface area (Å²) in [6.07, 6.45) is 0.829. The number of benzene rings is 1. The number of nitriles is 1. The van der Waals surface area contributed by atoms with Crippen LogP contribution in [0.25, 0.3) is 0 Å². The van der Waals surface area contributed by atoms with Crippen LogP contribution in [0.3, 0.4) is 0 Å². The maximum absolute atomic E-state index is 8.56. The van der Waals surface area contributed by atoms with E-state index in [1.54, 1.807) is 12.1 Å². The van der Waals surface area contributed by atoms with E-state index in [9.17, 15) is 0 Å². The molecule has 0 aliphatic rings. The molecule has 66 valence electrons. The van der Waals surface area contributed by atoms with Crippen molar-refractivity contribution in [2.45, 2.75) is 13.3 Å². The van der Waals surface area contributed by atoms with E-state index in [-0.39, 0.29) is 0 Å². The summed E-state index contributed by atoms with van der Waals surface area (Å²) < 4.78 is 0. The Morgan fingerprint density at radius 1 is 1.46 bits per heavy atom. The SMILES string of the molecule is CCC(=S)Nc1ccc(C#N)cc1. The van der Waals surface area contributed by atoms with E-state index in [0.717, 1.165) is 17.1 Å². The van der Waals surface area contributed by atoms with Crippen molar-refractivity contribution in [2.24, 2.45) is 0 Å². The molecule has 0 amide bonds. The lowest BCUT2D eigenvalue weighted by Crippen LogP contribution is -2.06. The van der Waals surface area contributed by atoms with E-state index in [1.165, 1.54) is 0 Å². The second-order valence-electron chi connectivity index (χ2n) is 2.59. The second kappa shape index (κ2) is 4.58. The van der Waals surface area contributed by atoms with Crippen LogP contribution in [-0.2, 0) is 0 Å². The van der Waals surface area contributed by atoms with Gasteiger partial charge in [-0.1, -0.05) is 19.1 Å². The fourth-order valence-corrected chi connectivity index (χ4v) is 0.995. The fraction of sp³-hybridized carbons (Fsp3) is 0.200. The van der Waals surface area contributed by atoms with E-state index >= 15 is 0 Å². The molecule has 0 aromatic heterocycles. The molecule has 1 aromatic carbocycles. The van der Waals surface area contributed by atoms with Crippen LogP contribution in [0.4, 0.5) is 5.69 Å². The van der Waals surface area contributed by atoms with Crippen molar-refractivity contribution in [3.05, 3.63) is 29.8 Å². The lowest BCUT2D eigenvalue weighted by atomic mass is 10.2. The Morgan fingerprint density at radius 3 is 2.54 bits per heavy atom. The summed E-state index contributed by atoms with van der Waals surface area (Å²) in [5, 5.41) is 11.6. The summed E-state index contributed by atoms with van der Waals surface area (Å²) in [5.41, 5.74) is 1.60. The summed E-state index contributed by atoms with van der Waals surface area (Å²) in [4.78, 5) is 0.810. The van der Waals surface area contributed by atoms with Crippen molar-refractivity contribution in [3.8, 4) is 6.07 Å². The molecule has 0 unspecified atom stereocenters. The minimum absolute atomic E-state index is 0.660. The average molecular weight is 190 g/mol. The molecule has 13 heavy (non-hydrogen) atoms. The van der Waals surface area contributed by atoms with Crippen LogP contribution in [-0.4, -0.2) is 4.99 Å². The first-order chi connectivity index (χ1) is 6.26. The van der Waals surface area contributed by atoms with Crippen LogP contribution < -0.4 is 5.32 Å². The number of hydrogen-bond donors (Lipinski definition) is 1. The fourth-order valence-electron chi connectivity index (χ4n) is 0.877. The Morgan fingerprint density at radius 2 is 2.08 bits per heavy atom. The number of nitrogens with one attached hydrogen (secondary N) is 1. The van der Waals surface area contributed by atoms with Gasteiger partial charge in [0.15, 0.2) is 0 Å². The minimum Gasteiger partial charge on any atom is -0.350 e. The number of anilines is 1. The van der Waals surface area contributed by atoms with Crippen LogP contribution in [0.15, 0.2) is 24.3 Å². The molecule has 0 spiro atoms. The topological polar surface area (TPSA) is 35.8 Å². The zero-order valence-corrected chi connectivity index (χ0v) is 8.19. The lowest BCUT2D eigenvalue weighted by Gasteiger charge is -2.04. The third-order valence-corrected chi connectivity index (χ3v) is 2.01. The predicted molar refractivity (Wildman–Crippen MR) is 57.7 cm³/mol. The number of rotatable bonds is 2. The zero-order chi connectivity index (χ0) is 9.68. The van der Waals surface area contributed by atoms with E-state index in [4.69, 9.17) is 17.5 Å². The molecule has 1 rings (SSSR count). The summed E-state index contributed by atoms with van der Waals surface area (Å²) in [5.74, 6) is 0. The van der Waals surface area contributed by atoms with Gasteiger partial charge in [0.05, 0.1) is 16.6 Å².